The van der Waals surface area contributed by atoms with Crippen LogP contribution in [0.1, 0.15) is 44.9 Å². The number of aromatic nitrogens is 1. The number of rotatable bonds is 6. The molecule has 4 rings (SSSR count). The van der Waals surface area contributed by atoms with Gasteiger partial charge in [0.25, 0.3) is 5.56 Å². The smallest absolute Gasteiger partial charge is 0.338 e. The van der Waals surface area contributed by atoms with Crippen molar-refractivity contribution in [2.45, 2.75) is 39.8 Å². The number of hydrogen-bond acceptors (Lipinski definition) is 6. The van der Waals surface area contributed by atoms with Crippen molar-refractivity contribution in [3.63, 3.8) is 0 Å². The lowest BCUT2D eigenvalue weighted by Crippen LogP contribution is -2.40. The van der Waals surface area contributed by atoms with Crippen LogP contribution < -0.4 is 19.6 Å². The molecule has 0 amide bonds. The van der Waals surface area contributed by atoms with Gasteiger partial charge in [-0.3, -0.25) is 9.36 Å². The number of thiazole rings is 1. The number of benzene rings is 2. The quantitative estimate of drug-likeness (QED) is 0.479. The molecule has 0 fully saturated rings. The fourth-order valence-corrected chi connectivity index (χ4v) is 5.04. The maximum Gasteiger partial charge on any atom is 0.338 e. The molecule has 34 heavy (non-hydrogen) atoms. The van der Waals surface area contributed by atoms with E-state index in [1.54, 1.807) is 36.6 Å². The summed E-state index contributed by atoms with van der Waals surface area (Å²) in [5.74, 6) is 0.103. The number of hydrogen-bond donors (Lipinski definition) is 0. The molecule has 8 heteroatoms. The van der Waals surface area contributed by atoms with E-state index in [1.807, 2.05) is 50.2 Å². The Morgan fingerprint density at radius 3 is 2.59 bits per heavy atom. The zero-order valence-electron chi connectivity index (χ0n) is 19.4. The second-order valence-electron chi connectivity index (χ2n) is 8.06. The highest BCUT2D eigenvalue weighted by atomic mass is 35.5. The van der Waals surface area contributed by atoms with Crippen molar-refractivity contribution in [1.82, 2.24) is 4.57 Å². The van der Waals surface area contributed by atoms with Gasteiger partial charge in [-0.2, -0.15) is 0 Å². The Kier molecular flexibility index (Phi) is 7.05. The fourth-order valence-electron chi connectivity index (χ4n) is 3.86. The van der Waals surface area contributed by atoms with Crippen LogP contribution in [0.25, 0.3) is 6.08 Å². The molecule has 0 radical (unpaired) electrons. The predicted molar refractivity (Wildman–Crippen MR) is 134 cm³/mol. The van der Waals surface area contributed by atoms with E-state index in [0.29, 0.717) is 36.9 Å². The first-order valence-electron chi connectivity index (χ1n) is 11.0. The number of carbonyl (C=O) groups is 1. The van der Waals surface area contributed by atoms with Crippen LogP contribution in [-0.4, -0.2) is 23.2 Å². The van der Waals surface area contributed by atoms with Crippen molar-refractivity contribution < 1.29 is 14.3 Å². The molecule has 1 aromatic heterocycles. The number of ether oxygens (including phenoxy) is 2. The molecule has 0 spiro atoms. The third-order valence-electron chi connectivity index (χ3n) is 5.26. The van der Waals surface area contributed by atoms with Gasteiger partial charge in [-0.15, -0.1) is 0 Å². The van der Waals surface area contributed by atoms with E-state index in [0.717, 1.165) is 5.56 Å². The molecular formula is C26H25ClN2O4S. The van der Waals surface area contributed by atoms with E-state index in [4.69, 9.17) is 21.1 Å². The van der Waals surface area contributed by atoms with E-state index in [1.165, 1.54) is 11.3 Å². The summed E-state index contributed by atoms with van der Waals surface area (Å²) in [7, 11) is 0. The summed E-state index contributed by atoms with van der Waals surface area (Å²) in [4.78, 5) is 31.9. The number of para-hydroxylation sites is 1. The molecule has 6 nitrogen and oxygen atoms in total. The molecule has 3 aromatic rings. The van der Waals surface area contributed by atoms with Crippen molar-refractivity contribution in [2.24, 2.45) is 4.99 Å². The SMILES string of the molecule is CCOC(=O)C1=C(C)N=c2s/c(=C/c3ccc(Cl)cc3)c(=O)n2[C@H]1c1ccccc1OC(C)C. The highest BCUT2D eigenvalue weighted by Gasteiger charge is 2.35. The molecule has 1 atom stereocenters. The Labute approximate surface area is 206 Å². The van der Waals surface area contributed by atoms with Crippen molar-refractivity contribution >= 4 is 35.0 Å². The predicted octanol–water partition coefficient (Wildman–Crippen LogP) is 4.24. The van der Waals surface area contributed by atoms with Gasteiger partial charge in [0, 0.05) is 10.6 Å². The number of carbonyl (C=O) groups excluding carboxylic acids is 1. The maximum atomic E-state index is 13.7. The zero-order chi connectivity index (χ0) is 24.4. The Morgan fingerprint density at radius 2 is 1.91 bits per heavy atom. The average Bonchev–Trinajstić information content (AvgIpc) is 3.09. The van der Waals surface area contributed by atoms with Gasteiger partial charge in [0.05, 0.1) is 28.5 Å². The highest BCUT2D eigenvalue weighted by molar-refractivity contribution is 7.07. The minimum absolute atomic E-state index is 0.0852. The number of nitrogens with zero attached hydrogens (tertiary/aromatic N) is 2. The van der Waals surface area contributed by atoms with Gasteiger partial charge in [0.15, 0.2) is 4.80 Å². The normalized spacial score (nSPS) is 15.8. The maximum absolute atomic E-state index is 13.7. The monoisotopic (exact) mass is 496 g/mol. The summed E-state index contributed by atoms with van der Waals surface area (Å²) in [6.07, 6.45) is 1.72. The molecule has 176 valence electrons. The molecule has 0 N–H and O–H groups in total. The second kappa shape index (κ2) is 9.99. The van der Waals surface area contributed by atoms with Gasteiger partial charge < -0.3 is 9.47 Å². The van der Waals surface area contributed by atoms with Crippen LogP contribution >= 0.6 is 22.9 Å². The third kappa shape index (κ3) is 4.72. The molecule has 2 heterocycles. The largest absolute Gasteiger partial charge is 0.491 e. The molecule has 0 bridgehead atoms. The molecule has 0 unspecified atom stereocenters. The van der Waals surface area contributed by atoms with Crippen molar-refractivity contribution in [1.29, 1.82) is 0 Å². The van der Waals surface area contributed by atoms with E-state index in [-0.39, 0.29) is 18.3 Å². The molecule has 0 aliphatic carbocycles. The highest BCUT2D eigenvalue weighted by Crippen LogP contribution is 2.36. The van der Waals surface area contributed by atoms with E-state index >= 15 is 0 Å². The second-order valence-corrected chi connectivity index (χ2v) is 9.50. The van der Waals surface area contributed by atoms with Gasteiger partial charge in [-0.05, 0) is 57.5 Å². The zero-order valence-corrected chi connectivity index (χ0v) is 20.9. The lowest BCUT2D eigenvalue weighted by atomic mass is 9.95. The first-order valence-corrected chi connectivity index (χ1v) is 12.2. The van der Waals surface area contributed by atoms with Crippen molar-refractivity contribution in [3.8, 4) is 5.75 Å². The summed E-state index contributed by atoms with van der Waals surface area (Å²) >= 11 is 7.28. The number of allylic oxidation sites excluding steroid dienone is 1. The number of esters is 1. The summed E-state index contributed by atoms with van der Waals surface area (Å²) < 4.78 is 13.5. The van der Waals surface area contributed by atoms with E-state index < -0.39 is 12.0 Å². The first-order chi connectivity index (χ1) is 16.3. The minimum atomic E-state index is -0.724. The van der Waals surface area contributed by atoms with E-state index in [9.17, 15) is 9.59 Å². The Morgan fingerprint density at radius 1 is 1.21 bits per heavy atom. The Hall–Kier alpha value is -3.16. The summed E-state index contributed by atoms with van der Waals surface area (Å²) in [6, 6.07) is 14.0. The fraction of sp³-hybridized carbons (Fsp3) is 0.269. The van der Waals surface area contributed by atoms with Crippen LogP contribution in [0.3, 0.4) is 0 Å². The topological polar surface area (TPSA) is 69.9 Å². The van der Waals surface area contributed by atoms with Crippen LogP contribution in [0.2, 0.25) is 5.02 Å². The van der Waals surface area contributed by atoms with Gasteiger partial charge in [0.1, 0.15) is 11.8 Å². The van der Waals surface area contributed by atoms with Crippen LogP contribution in [0, 0.1) is 0 Å². The van der Waals surface area contributed by atoms with Gasteiger partial charge >= 0.3 is 5.97 Å². The van der Waals surface area contributed by atoms with Gasteiger partial charge in [0.2, 0.25) is 0 Å². The first kappa shape index (κ1) is 24.0. The van der Waals surface area contributed by atoms with Crippen molar-refractivity contribution in [2.75, 3.05) is 6.61 Å². The van der Waals surface area contributed by atoms with Crippen LogP contribution in [0.15, 0.2) is 69.6 Å². The van der Waals surface area contributed by atoms with Gasteiger partial charge in [-0.1, -0.05) is 53.3 Å². The van der Waals surface area contributed by atoms with Crippen LogP contribution in [-0.2, 0) is 9.53 Å². The molecular weight excluding hydrogens is 472 g/mol. The van der Waals surface area contributed by atoms with Crippen molar-refractivity contribution in [3.05, 3.63) is 95.6 Å². The Balaban J connectivity index is 1.97. The molecule has 0 saturated heterocycles. The van der Waals surface area contributed by atoms with Crippen LogP contribution in [0.4, 0.5) is 0 Å². The third-order valence-corrected chi connectivity index (χ3v) is 6.50. The lowest BCUT2D eigenvalue weighted by Gasteiger charge is -2.26. The molecule has 2 aromatic carbocycles. The standard InChI is InChI=1S/C26H25ClN2O4S/c1-5-32-25(31)22-16(4)28-26-29(23(22)19-8-6-7-9-20(19)33-15(2)3)24(30)21(34-26)14-17-10-12-18(27)13-11-17/h6-15,23H,5H2,1-4H3/b21-14+/t23-/m0/s1. The molecule has 1 aliphatic heterocycles. The van der Waals surface area contributed by atoms with Gasteiger partial charge in [-0.25, -0.2) is 9.79 Å². The number of fused-ring (bicyclic) bond motifs is 1. The minimum Gasteiger partial charge on any atom is -0.491 e. The lowest BCUT2D eigenvalue weighted by molar-refractivity contribution is -0.139. The molecule has 0 saturated carbocycles. The van der Waals surface area contributed by atoms with Crippen LogP contribution in [0.5, 0.6) is 5.75 Å². The summed E-state index contributed by atoms with van der Waals surface area (Å²) in [6.45, 7) is 7.60. The number of halogens is 1. The average molecular weight is 497 g/mol. The summed E-state index contributed by atoms with van der Waals surface area (Å²) in [5, 5.41) is 0.620. The Bertz CT molecular complexity index is 1430. The molecule has 1 aliphatic rings. The summed E-state index contributed by atoms with van der Waals surface area (Å²) in [5.41, 5.74) is 2.15. The van der Waals surface area contributed by atoms with E-state index in [2.05, 4.69) is 4.99 Å².